The molecule has 3 nitrogen and oxygen atoms in total. The molecule has 100 valence electrons. The normalized spacial score (nSPS) is 21.8. The monoisotopic (exact) mass is 248 g/mol. The van der Waals surface area contributed by atoms with Gasteiger partial charge in [-0.2, -0.15) is 0 Å². The number of hydrogen-bond donors (Lipinski definition) is 2. The van der Waals surface area contributed by atoms with Gasteiger partial charge in [0.2, 0.25) is 0 Å². The van der Waals surface area contributed by atoms with Crippen LogP contribution in [0.5, 0.6) is 0 Å². The quantitative estimate of drug-likeness (QED) is 0.834. The molecule has 1 aromatic carbocycles. The van der Waals surface area contributed by atoms with Crippen LogP contribution in [0, 0.1) is 6.92 Å². The molecule has 1 aliphatic rings. The standard InChI is InChI=1S/C15H24N2O/c1-12-5-3-4-6-14(12)10-17-13(2)9-15-11-18-8-7-16-15/h3-6,13,15-17H,7-11H2,1-2H3. The first kappa shape index (κ1) is 13.5. The molecular formula is C15H24N2O. The fraction of sp³-hybridized carbons (Fsp3) is 0.600. The van der Waals surface area contributed by atoms with Gasteiger partial charge in [0, 0.05) is 25.2 Å². The van der Waals surface area contributed by atoms with Crippen molar-refractivity contribution in [2.45, 2.75) is 38.9 Å². The molecule has 1 aliphatic heterocycles. The van der Waals surface area contributed by atoms with E-state index >= 15 is 0 Å². The van der Waals surface area contributed by atoms with Gasteiger partial charge in [-0.15, -0.1) is 0 Å². The maximum Gasteiger partial charge on any atom is 0.0620 e. The molecule has 0 amide bonds. The average molecular weight is 248 g/mol. The molecule has 3 heteroatoms. The predicted octanol–water partition coefficient (Wildman–Crippen LogP) is 1.85. The van der Waals surface area contributed by atoms with Gasteiger partial charge < -0.3 is 15.4 Å². The van der Waals surface area contributed by atoms with Gasteiger partial charge >= 0.3 is 0 Å². The van der Waals surface area contributed by atoms with Gasteiger partial charge in [-0.25, -0.2) is 0 Å². The van der Waals surface area contributed by atoms with Crippen molar-refractivity contribution in [1.82, 2.24) is 10.6 Å². The third-order valence-corrected chi connectivity index (χ3v) is 3.54. The van der Waals surface area contributed by atoms with E-state index in [-0.39, 0.29) is 0 Å². The Balaban J connectivity index is 1.74. The van der Waals surface area contributed by atoms with Crippen molar-refractivity contribution in [3.05, 3.63) is 35.4 Å². The lowest BCUT2D eigenvalue weighted by atomic mass is 10.1. The van der Waals surface area contributed by atoms with E-state index in [0.717, 1.165) is 32.7 Å². The SMILES string of the molecule is Cc1ccccc1CNC(C)CC1COCCN1. The third kappa shape index (κ3) is 4.09. The Labute approximate surface area is 110 Å². The lowest BCUT2D eigenvalue weighted by Gasteiger charge is -2.26. The van der Waals surface area contributed by atoms with Crippen LogP contribution in [0.1, 0.15) is 24.5 Å². The van der Waals surface area contributed by atoms with E-state index in [1.54, 1.807) is 0 Å². The smallest absolute Gasteiger partial charge is 0.0620 e. The first-order valence-electron chi connectivity index (χ1n) is 6.84. The number of morpholine rings is 1. The second kappa shape index (κ2) is 6.88. The fourth-order valence-electron chi connectivity index (χ4n) is 2.37. The first-order valence-corrected chi connectivity index (χ1v) is 6.84. The summed E-state index contributed by atoms with van der Waals surface area (Å²) in [5.74, 6) is 0. The van der Waals surface area contributed by atoms with E-state index in [1.807, 2.05) is 0 Å². The van der Waals surface area contributed by atoms with Crippen molar-refractivity contribution >= 4 is 0 Å². The maximum absolute atomic E-state index is 5.47. The van der Waals surface area contributed by atoms with Crippen LogP contribution in [0.15, 0.2) is 24.3 Å². The summed E-state index contributed by atoms with van der Waals surface area (Å²) in [6.07, 6.45) is 1.12. The van der Waals surface area contributed by atoms with Crippen molar-refractivity contribution in [3.63, 3.8) is 0 Å². The van der Waals surface area contributed by atoms with Gasteiger partial charge in [0.25, 0.3) is 0 Å². The highest BCUT2D eigenvalue weighted by atomic mass is 16.5. The molecule has 0 aliphatic carbocycles. The molecule has 1 saturated heterocycles. The van der Waals surface area contributed by atoms with Crippen molar-refractivity contribution in [2.24, 2.45) is 0 Å². The summed E-state index contributed by atoms with van der Waals surface area (Å²) in [7, 11) is 0. The topological polar surface area (TPSA) is 33.3 Å². The molecule has 0 saturated carbocycles. The van der Waals surface area contributed by atoms with Crippen molar-refractivity contribution in [2.75, 3.05) is 19.8 Å². The van der Waals surface area contributed by atoms with E-state index in [1.165, 1.54) is 11.1 Å². The lowest BCUT2D eigenvalue weighted by molar-refractivity contribution is 0.0712. The molecule has 1 aromatic rings. The number of aryl methyl sites for hydroxylation is 1. The Hall–Kier alpha value is -0.900. The molecule has 0 spiro atoms. The molecule has 0 bridgehead atoms. The van der Waals surface area contributed by atoms with Gasteiger partial charge in [-0.05, 0) is 31.4 Å². The minimum atomic E-state index is 0.498. The summed E-state index contributed by atoms with van der Waals surface area (Å²) in [5, 5.41) is 7.09. The summed E-state index contributed by atoms with van der Waals surface area (Å²) >= 11 is 0. The first-order chi connectivity index (χ1) is 8.75. The van der Waals surface area contributed by atoms with Crippen LogP contribution >= 0.6 is 0 Å². The fourth-order valence-corrected chi connectivity index (χ4v) is 2.37. The highest BCUT2D eigenvalue weighted by molar-refractivity contribution is 5.25. The summed E-state index contributed by atoms with van der Waals surface area (Å²) in [4.78, 5) is 0. The summed E-state index contributed by atoms with van der Waals surface area (Å²) in [6.45, 7) is 8.03. The molecular weight excluding hydrogens is 224 g/mol. The van der Waals surface area contributed by atoms with E-state index in [2.05, 4.69) is 48.7 Å². The highest BCUT2D eigenvalue weighted by Crippen LogP contribution is 2.08. The van der Waals surface area contributed by atoms with E-state index in [4.69, 9.17) is 4.74 Å². The van der Waals surface area contributed by atoms with Gasteiger partial charge in [0.15, 0.2) is 0 Å². The van der Waals surface area contributed by atoms with Crippen LogP contribution in [0.3, 0.4) is 0 Å². The third-order valence-electron chi connectivity index (χ3n) is 3.54. The molecule has 2 atom stereocenters. The Morgan fingerprint density at radius 2 is 2.28 bits per heavy atom. The number of benzene rings is 1. The molecule has 2 N–H and O–H groups in total. The molecule has 0 radical (unpaired) electrons. The Morgan fingerprint density at radius 3 is 3.00 bits per heavy atom. The van der Waals surface area contributed by atoms with Crippen molar-refractivity contribution in [1.29, 1.82) is 0 Å². The highest BCUT2D eigenvalue weighted by Gasteiger charge is 2.15. The predicted molar refractivity (Wildman–Crippen MR) is 74.7 cm³/mol. The average Bonchev–Trinajstić information content (AvgIpc) is 2.39. The Morgan fingerprint density at radius 1 is 1.44 bits per heavy atom. The second-order valence-electron chi connectivity index (χ2n) is 5.17. The molecule has 18 heavy (non-hydrogen) atoms. The van der Waals surface area contributed by atoms with Gasteiger partial charge in [-0.3, -0.25) is 0 Å². The molecule has 0 aromatic heterocycles. The Kier molecular flexibility index (Phi) is 5.17. The van der Waals surface area contributed by atoms with E-state index in [0.29, 0.717) is 12.1 Å². The van der Waals surface area contributed by atoms with Crippen LogP contribution in [0.2, 0.25) is 0 Å². The van der Waals surface area contributed by atoms with Crippen molar-refractivity contribution in [3.8, 4) is 0 Å². The largest absolute Gasteiger partial charge is 0.379 e. The number of rotatable bonds is 5. The van der Waals surface area contributed by atoms with Crippen LogP contribution in [-0.4, -0.2) is 31.8 Å². The molecule has 2 unspecified atom stereocenters. The second-order valence-corrected chi connectivity index (χ2v) is 5.17. The minimum Gasteiger partial charge on any atom is -0.379 e. The molecule has 1 fully saturated rings. The van der Waals surface area contributed by atoms with Crippen LogP contribution in [-0.2, 0) is 11.3 Å². The van der Waals surface area contributed by atoms with E-state index in [9.17, 15) is 0 Å². The van der Waals surface area contributed by atoms with E-state index < -0.39 is 0 Å². The zero-order valence-corrected chi connectivity index (χ0v) is 11.4. The minimum absolute atomic E-state index is 0.498. The Bertz CT molecular complexity index is 361. The summed E-state index contributed by atoms with van der Waals surface area (Å²) in [5.41, 5.74) is 2.74. The van der Waals surface area contributed by atoms with Crippen LogP contribution in [0.25, 0.3) is 0 Å². The number of hydrogen-bond acceptors (Lipinski definition) is 3. The van der Waals surface area contributed by atoms with Crippen LogP contribution in [0.4, 0.5) is 0 Å². The molecule has 1 heterocycles. The van der Waals surface area contributed by atoms with Gasteiger partial charge in [0.05, 0.1) is 13.2 Å². The van der Waals surface area contributed by atoms with Crippen molar-refractivity contribution < 1.29 is 4.74 Å². The maximum atomic E-state index is 5.47. The number of ether oxygens (including phenoxy) is 1. The molecule has 2 rings (SSSR count). The zero-order valence-electron chi connectivity index (χ0n) is 11.4. The van der Waals surface area contributed by atoms with Crippen LogP contribution < -0.4 is 10.6 Å². The lowest BCUT2D eigenvalue weighted by Crippen LogP contribution is -2.44. The summed E-state index contributed by atoms with van der Waals surface area (Å²) < 4.78 is 5.47. The van der Waals surface area contributed by atoms with Gasteiger partial charge in [0.1, 0.15) is 0 Å². The zero-order chi connectivity index (χ0) is 12.8. The van der Waals surface area contributed by atoms with Gasteiger partial charge in [-0.1, -0.05) is 24.3 Å². The number of nitrogens with one attached hydrogen (secondary N) is 2. The summed E-state index contributed by atoms with van der Waals surface area (Å²) in [6, 6.07) is 9.55.